The first kappa shape index (κ1) is 19.9. The Balaban J connectivity index is 1.51. The van der Waals surface area contributed by atoms with E-state index in [-0.39, 0.29) is 5.91 Å². The van der Waals surface area contributed by atoms with Gasteiger partial charge in [-0.05, 0) is 42.0 Å². The van der Waals surface area contributed by atoms with Gasteiger partial charge in [-0.25, -0.2) is 0 Å². The Hall–Kier alpha value is -2.82. The van der Waals surface area contributed by atoms with Gasteiger partial charge in [0.1, 0.15) is 18.4 Å². The van der Waals surface area contributed by atoms with Crippen LogP contribution in [0.4, 0.5) is 0 Å². The molecule has 1 saturated carbocycles. The molecule has 0 unspecified atom stereocenters. The summed E-state index contributed by atoms with van der Waals surface area (Å²) in [6.07, 6.45) is 5.44. The summed E-state index contributed by atoms with van der Waals surface area (Å²) in [5, 5.41) is 2.81. The van der Waals surface area contributed by atoms with Crippen LogP contribution in [0.2, 0.25) is 0 Å². The van der Waals surface area contributed by atoms with Gasteiger partial charge in [-0.2, -0.15) is 0 Å². The maximum Gasteiger partial charge on any atom is 0.240 e. The standard InChI is InChI=1S/C23H28N2O3/c24-23(27)21(25-22(26)15-17-6-4-5-7-17)14-18-10-12-20(13-11-18)28-16-19-8-2-1-3-9-19/h1-3,8-13,17,21H,4-7,14-16H2,(H2,24,27)(H,25,26)/t21-/m1/s1. The average molecular weight is 380 g/mol. The number of nitrogens with one attached hydrogen (secondary N) is 1. The summed E-state index contributed by atoms with van der Waals surface area (Å²) in [5.74, 6) is 0.603. The third-order valence-electron chi connectivity index (χ3n) is 5.24. The van der Waals surface area contributed by atoms with E-state index in [9.17, 15) is 9.59 Å². The summed E-state index contributed by atoms with van der Waals surface area (Å²) in [7, 11) is 0. The average Bonchev–Trinajstić information content (AvgIpc) is 3.20. The summed E-state index contributed by atoms with van der Waals surface area (Å²) < 4.78 is 5.78. The Bertz CT molecular complexity index is 768. The summed E-state index contributed by atoms with van der Waals surface area (Å²) in [4.78, 5) is 24.0. The monoisotopic (exact) mass is 380 g/mol. The molecule has 2 aromatic rings. The molecule has 0 radical (unpaired) electrons. The van der Waals surface area contributed by atoms with Crippen LogP contribution in [-0.2, 0) is 22.6 Å². The molecule has 0 heterocycles. The van der Waals surface area contributed by atoms with Gasteiger partial charge >= 0.3 is 0 Å². The summed E-state index contributed by atoms with van der Waals surface area (Å²) in [6.45, 7) is 0.501. The lowest BCUT2D eigenvalue weighted by Crippen LogP contribution is -2.46. The summed E-state index contributed by atoms with van der Waals surface area (Å²) in [6, 6.07) is 16.8. The molecule has 0 aliphatic heterocycles. The lowest BCUT2D eigenvalue weighted by atomic mass is 10.0. The number of carbonyl (C=O) groups is 2. The number of ether oxygens (including phenoxy) is 1. The first-order valence-corrected chi connectivity index (χ1v) is 9.94. The van der Waals surface area contributed by atoms with Gasteiger partial charge in [0.05, 0.1) is 0 Å². The highest BCUT2D eigenvalue weighted by Gasteiger charge is 2.22. The van der Waals surface area contributed by atoms with E-state index in [0.717, 1.165) is 29.7 Å². The predicted molar refractivity (Wildman–Crippen MR) is 109 cm³/mol. The van der Waals surface area contributed by atoms with Crippen molar-refractivity contribution in [3.05, 3.63) is 65.7 Å². The fourth-order valence-electron chi connectivity index (χ4n) is 3.65. The molecule has 28 heavy (non-hydrogen) atoms. The molecule has 2 amide bonds. The SMILES string of the molecule is NC(=O)[C@@H](Cc1ccc(OCc2ccccc2)cc1)NC(=O)CC1CCCC1. The van der Waals surface area contributed by atoms with Crippen molar-refractivity contribution in [2.24, 2.45) is 11.7 Å². The van der Waals surface area contributed by atoms with E-state index in [1.807, 2.05) is 54.6 Å². The van der Waals surface area contributed by atoms with Gasteiger partial charge in [-0.15, -0.1) is 0 Å². The van der Waals surface area contributed by atoms with Crippen molar-refractivity contribution < 1.29 is 14.3 Å². The minimum Gasteiger partial charge on any atom is -0.489 e. The number of benzene rings is 2. The largest absolute Gasteiger partial charge is 0.489 e. The van der Waals surface area contributed by atoms with Crippen LogP contribution in [0.15, 0.2) is 54.6 Å². The van der Waals surface area contributed by atoms with Crippen molar-refractivity contribution in [1.29, 1.82) is 0 Å². The van der Waals surface area contributed by atoms with Crippen LogP contribution in [0.3, 0.4) is 0 Å². The normalized spacial score (nSPS) is 15.1. The Labute approximate surface area is 166 Å². The van der Waals surface area contributed by atoms with Gasteiger partial charge < -0.3 is 15.8 Å². The van der Waals surface area contributed by atoms with E-state index in [4.69, 9.17) is 10.5 Å². The van der Waals surface area contributed by atoms with Gasteiger partial charge in [-0.1, -0.05) is 55.3 Å². The lowest BCUT2D eigenvalue weighted by molar-refractivity contribution is -0.127. The quantitative estimate of drug-likeness (QED) is 0.700. The summed E-state index contributed by atoms with van der Waals surface area (Å²) >= 11 is 0. The van der Waals surface area contributed by atoms with Gasteiger partial charge in [0, 0.05) is 12.8 Å². The van der Waals surface area contributed by atoms with Crippen LogP contribution < -0.4 is 15.8 Å². The molecule has 0 spiro atoms. The minimum atomic E-state index is -0.690. The fourth-order valence-corrected chi connectivity index (χ4v) is 3.65. The molecule has 5 heteroatoms. The molecule has 0 saturated heterocycles. The van der Waals surface area contributed by atoms with Crippen molar-refractivity contribution in [2.45, 2.75) is 51.2 Å². The Morgan fingerprint density at radius 3 is 2.32 bits per heavy atom. The highest BCUT2D eigenvalue weighted by molar-refractivity contribution is 5.86. The van der Waals surface area contributed by atoms with Gasteiger partial charge in [0.2, 0.25) is 11.8 Å². The second kappa shape index (κ2) is 9.93. The minimum absolute atomic E-state index is 0.0847. The Morgan fingerprint density at radius 1 is 1.00 bits per heavy atom. The second-order valence-corrected chi connectivity index (χ2v) is 7.50. The van der Waals surface area contributed by atoms with Crippen molar-refractivity contribution in [3.63, 3.8) is 0 Å². The van der Waals surface area contributed by atoms with Gasteiger partial charge in [0.25, 0.3) is 0 Å². The maximum atomic E-state index is 12.2. The number of rotatable bonds is 9. The smallest absolute Gasteiger partial charge is 0.240 e. The number of amides is 2. The molecule has 3 N–H and O–H groups in total. The van der Waals surface area contributed by atoms with E-state index < -0.39 is 11.9 Å². The molecule has 1 aliphatic carbocycles. The van der Waals surface area contributed by atoms with Crippen molar-refractivity contribution in [3.8, 4) is 5.75 Å². The first-order valence-electron chi connectivity index (χ1n) is 9.94. The van der Waals surface area contributed by atoms with E-state index in [1.165, 1.54) is 12.8 Å². The van der Waals surface area contributed by atoms with Crippen LogP contribution in [-0.4, -0.2) is 17.9 Å². The number of primary amides is 1. The second-order valence-electron chi connectivity index (χ2n) is 7.50. The topological polar surface area (TPSA) is 81.4 Å². The van der Waals surface area contributed by atoms with E-state index >= 15 is 0 Å². The van der Waals surface area contributed by atoms with E-state index in [1.54, 1.807) is 0 Å². The molecule has 3 rings (SSSR count). The zero-order chi connectivity index (χ0) is 19.8. The zero-order valence-corrected chi connectivity index (χ0v) is 16.1. The predicted octanol–water partition coefficient (Wildman–Crippen LogP) is 3.36. The first-order chi connectivity index (χ1) is 13.6. The molecule has 0 bridgehead atoms. The third-order valence-corrected chi connectivity index (χ3v) is 5.24. The molecule has 1 fully saturated rings. The van der Waals surface area contributed by atoms with Crippen LogP contribution in [0.5, 0.6) is 5.75 Å². The highest BCUT2D eigenvalue weighted by Crippen LogP contribution is 2.27. The lowest BCUT2D eigenvalue weighted by Gasteiger charge is -2.17. The molecule has 1 aliphatic rings. The van der Waals surface area contributed by atoms with Gasteiger partial charge in [-0.3, -0.25) is 9.59 Å². The van der Waals surface area contributed by atoms with Crippen molar-refractivity contribution >= 4 is 11.8 Å². The molecule has 2 aromatic carbocycles. The van der Waals surface area contributed by atoms with Crippen molar-refractivity contribution in [2.75, 3.05) is 0 Å². The number of nitrogens with two attached hydrogens (primary N) is 1. The molecular weight excluding hydrogens is 352 g/mol. The summed E-state index contributed by atoms with van der Waals surface area (Å²) in [5.41, 5.74) is 7.53. The maximum absolute atomic E-state index is 12.2. The number of hydrogen-bond donors (Lipinski definition) is 2. The van der Waals surface area contributed by atoms with Crippen LogP contribution >= 0.6 is 0 Å². The molecule has 0 aromatic heterocycles. The molecule has 5 nitrogen and oxygen atoms in total. The number of carbonyl (C=O) groups excluding carboxylic acids is 2. The zero-order valence-electron chi connectivity index (χ0n) is 16.1. The Kier molecular flexibility index (Phi) is 7.06. The molecule has 1 atom stereocenters. The van der Waals surface area contributed by atoms with Crippen LogP contribution in [0, 0.1) is 5.92 Å². The third kappa shape index (κ3) is 6.12. The molecule has 148 valence electrons. The van der Waals surface area contributed by atoms with E-state index in [0.29, 0.717) is 25.4 Å². The highest BCUT2D eigenvalue weighted by atomic mass is 16.5. The van der Waals surface area contributed by atoms with Gasteiger partial charge in [0.15, 0.2) is 0 Å². The van der Waals surface area contributed by atoms with Crippen molar-refractivity contribution in [1.82, 2.24) is 5.32 Å². The fraction of sp³-hybridized carbons (Fsp3) is 0.391. The van der Waals surface area contributed by atoms with Crippen LogP contribution in [0.1, 0.15) is 43.2 Å². The Morgan fingerprint density at radius 2 is 1.68 bits per heavy atom. The molecular formula is C23H28N2O3. The van der Waals surface area contributed by atoms with Crippen LogP contribution in [0.25, 0.3) is 0 Å². The number of hydrogen-bond acceptors (Lipinski definition) is 3. The van der Waals surface area contributed by atoms with E-state index in [2.05, 4.69) is 5.32 Å².